The Hall–Kier alpha value is -4.07. The number of amides is 1. The van der Waals surface area contributed by atoms with Crippen LogP contribution in [0.25, 0.3) is 11.1 Å². The second-order valence-electron chi connectivity index (χ2n) is 14.9. The highest BCUT2D eigenvalue weighted by Crippen LogP contribution is 2.39. The molecular weight excluding hydrogens is 729 g/mol. The van der Waals surface area contributed by atoms with E-state index in [4.69, 9.17) is 33.2 Å². The van der Waals surface area contributed by atoms with E-state index in [1.165, 1.54) is 0 Å². The van der Waals surface area contributed by atoms with Gasteiger partial charge < -0.3 is 24.7 Å². The van der Waals surface area contributed by atoms with Gasteiger partial charge in [0.1, 0.15) is 0 Å². The number of carbonyl (C=O) groups is 3. The van der Waals surface area contributed by atoms with Gasteiger partial charge in [-0.05, 0) is 56.2 Å². The van der Waals surface area contributed by atoms with Crippen LogP contribution in [0.5, 0.6) is 0 Å². The van der Waals surface area contributed by atoms with Crippen molar-refractivity contribution in [2.45, 2.75) is 64.5 Å². The average molecular weight is 777 g/mol. The quantitative estimate of drug-likeness (QED) is 0.152. The minimum absolute atomic E-state index is 0.0554. The van der Waals surface area contributed by atoms with Crippen molar-refractivity contribution in [1.82, 2.24) is 28.9 Å². The summed E-state index contributed by atoms with van der Waals surface area (Å²) in [6.07, 6.45) is 6.09. The van der Waals surface area contributed by atoms with Gasteiger partial charge in [0, 0.05) is 88.6 Å². The Morgan fingerprint density at radius 1 is 0.815 bits per heavy atom. The summed E-state index contributed by atoms with van der Waals surface area (Å²) in [7, 11) is 3.74. The van der Waals surface area contributed by atoms with Gasteiger partial charge in [-0.25, -0.2) is 9.97 Å². The zero-order valence-electron chi connectivity index (χ0n) is 30.8. The third-order valence-electron chi connectivity index (χ3n) is 11.6. The van der Waals surface area contributed by atoms with Crippen LogP contribution in [0.3, 0.4) is 0 Å². The third kappa shape index (κ3) is 7.85. The summed E-state index contributed by atoms with van der Waals surface area (Å²) in [4.78, 5) is 52.6. The first kappa shape index (κ1) is 38.2. The first-order chi connectivity index (χ1) is 26.0. The molecule has 0 unspecified atom stereocenters. The van der Waals surface area contributed by atoms with E-state index in [1.54, 1.807) is 12.1 Å². The number of aliphatic hydroxyl groups excluding tert-OH is 1. The van der Waals surface area contributed by atoms with Crippen LogP contribution < -0.4 is 5.32 Å². The summed E-state index contributed by atoms with van der Waals surface area (Å²) in [5, 5.41) is 22.4. The number of fused-ring (bicyclic) bond motifs is 2. The number of nitrogens with zero attached hydrogens (tertiary/aromatic N) is 6. The summed E-state index contributed by atoms with van der Waals surface area (Å²) in [5.41, 5.74) is 6.18. The minimum Gasteiger partial charge on any atom is -0.481 e. The second-order valence-corrected chi connectivity index (χ2v) is 15.7. The highest BCUT2D eigenvalue weighted by atomic mass is 35.5. The molecule has 4 aromatic rings. The van der Waals surface area contributed by atoms with Gasteiger partial charge in [0.25, 0.3) is 5.91 Å². The van der Waals surface area contributed by atoms with Crippen molar-refractivity contribution >= 4 is 46.5 Å². The number of aromatic nitrogens is 4. The van der Waals surface area contributed by atoms with E-state index in [0.29, 0.717) is 69.6 Å². The number of anilines is 1. The van der Waals surface area contributed by atoms with Gasteiger partial charge in [-0.15, -0.1) is 0 Å². The lowest BCUT2D eigenvalue weighted by Crippen LogP contribution is -2.33. The summed E-state index contributed by atoms with van der Waals surface area (Å²) in [6.45, 7) is 4.53. The molecule has 3 N–H and O–H groups in total. The Bertz CT molecular complexity index is 2070. The van der Waals surface area contributed by atoms with E-state index in [9.17, 15) is 24.6 Å². The average Bonchev–Trinajstić information content (AvgIpc) is 3.68. The molecule has 54 heavy (non-hydrogen) atoms. The number of carbonyl (C=O) groups excluding carboxylic acids is 2. The first-order valence-electron chi connectivity index (χ1n) is 18.8. The maximum Gasteiger partial charge on any atom is 0.306 e. The second kappa shape index (κ2) is 16.3. The molecule has 1 aliphatic carbocycles. The van der Waals surface area contributed by atoms with E-state index >= 15 is 0 Å². The van der Waals surface area contributed by atoms with Gasteiger partial charge in [-0.1, -0.05) is 53.5 Å². The van der Waals surface area contributed by atoms with Gasteiger partial charge in [-0.3, -0.25) is 24.2 Å². The number of halogens is 2. The lowest BCUT2D eigenvalue weighted by molar-refractivity contribution is -0.143. The van der Waals surface area contributed by atoms with Gasteiger partial charge in [-0.2, -0.15) is 0 Å². The fourth-order valence-corrected chi connectivity index (χ4v) is 8.96. The highest BCUT2D eigenvalue weighted by molar-refractivity contribution is 6.39. The van der Waals surface area contributed by atoms with Crippen LogP contribution in [0.4, 0.5) is 5.69 Å². The van der Waals surface area contributed by atoms with E-state index in [1.807, 2.05) is 47.5 Å². The van der Waals surface area contributed by atoms with Crippen molar-refractivity contribution in [2.75, 3.05) is 38.1 Å². The number of ketones is 1. The maximum atomic E-state index is 13.7. The van der Waals surface area contributed by atoms with Crippen LogP contribution in [0, 0.1) is 11.8 Å². The third-order valence-corrected chi connectivity index (χ3v) is 12.4. The molecule has 7 rings (SSSR count). The molecule has 3 aliphatic rings. The van der Waals surface area contributed by atoms with E-state index in [2.05, 4.69) is 15.1 Å². The molecule has 0 atom stereocenters. The standard InChI is InChI=1S/C40H47Cl2N7O5/c1-46-32-15-18-49(19-20-50)23-30(32)43-37(46)34(51)21-26-5-3-6-27(35(26)41)28-7-4-8-29(36(28)42)45-39(52)38-44-31-22-48(17-14-33(31)47(38)2)16-13-24-9-11-25(12-10-24)40(53)54/h3-8,24-25,50H,9-23H2,1-2H3,(H,45,52)(H,53,54). The number of hydrogen-bond donors (Lipinski definition) is 3. The van der Waals surface area contributed by atoms with Crippen molar-refractivity contribution in [3.63, 3.8) is 0 Å². The Morgan fingerprint density at radius 2 is 1.41 bits per heavy atom. The largest absolute Gasteiger partial charge is 0.481 e. The van der Waals surface area contributed by atoms with Gasteiger partial charge in [0.05, 0.1) is 39.6 Å². The Balaban J connectivity index is 1.01. The SMILES string of the molecule is Cn1c(C(=O)Cc2cccc(-c3cccc(NC(=O)c4nc5c(n4C)CCN(CCC4CCC(C(=O)O)CC4)C5)c3Cl)c2Cl)nc2c1CCN(CCO)C2. The molecule has 0 bridgehead atoms. The molecule has 1 saturated carbocycles. The molecule has 2 aromatic carbocycles. The fourth-order valence-electron chi connectivity index (χ4n) is 8.39. The number of aliphatic hydroxyl groups is 1. The molecule has 0 saturated heterocycles. The van der Waals surface area contributed by atoms with Crippen molar-refractivity contribution in [3.8, 4) is 11.1 Å². The molecule has 0 radical (unpaired) electrons. The van der Waals surface area contributed by atoms with Crippen molar-refractivity contribution < 1.29 is 24.6 Å². The van der Waals surface area contributed by atoms with E-state index in [-0.39, 0.29) is 30.6 Å². The zero-order valence-corrected chi connectivity index (χ0v) is 32.3. The normalized spacial score (nSPS) is 19.0. The number of nitrogens with one attached hydrogen (secondary N) is 1. The highest BCUT2D eigenvalue weighted by Gasteiger charge is 2.30. The Labute approximate surface area is 325 Å². The number of aliphatic carboxylic acids is 1. The van der Waals surface area contributed by atoms with Crippen LogP contribution in [0.15, 0.2) is 36.4 Å². The number of benzene rings is 2. The molecule has 12 nitrogen and oxygen atoms in total. The van der Waals surface area contributed by atoms with Gasteiger partial charge in [0.15, 0.2) is 11.6 Å². The lowest BCUT2D eigenvalue weighted by Gasteiger charge is -2.30. The topological polar surface area (TPSA) is 146 Å². The van der Waals surface area contributed by atoms with E-state index in [0.717, 1.165) is 87.4 Å². The van der Waals surface area contributed by atoms with Gasteiger partial charge >= 0.3 is 5.97 Å². The number of Topliss-reactive ketones (excluding diaryl/α,β-unsaturated/α-hetero) is 1. The predicted octanol–water partition coefficient (Wildman–Crippen LogP) is 5.79. The van der Waals surface area contributed by atoms with Crippen molar-refractivity contribution in [1.29, 1.82) is 0 Å². The molecule has 1 amide bonds. The Kier molecular flexibility index (Phi) is 11.6. The van der Waals surface area contributed by atoms with Crippen LogP contribution >= 0.6 is 23.2 Å². The molecule has 0 spiro atoms. The van der Waals surface area contributed by atoms with Crippen LogP contribution in [-0.4, -0.2) is 89.6 Å². The molecule has 4 heterocycles. The van der Waals surface area contributed by atoms with Gasteiger partial charge in [0.2, 0.25) is 5.78 Å². The lowest BCUT2D eigenvalue weighted by atomic mass is 9.80. The number of carboxylic acid groups (broad SMARTS) is 1. The number of imidazole rings is 2. The maximum absolute atomic E-state index is 13.7. The molecular formula is C40H47Cl2N7O5. The van der Waals surface area contributed by atoms with Crippen molar-refractivity contribution in [3.05, 3.63) is 86.4 Å². The number of β-amino-alcohol motifs (C(OH)–C–C–N with tert-alkyl or cyclic N) is 1. The predicted molar refractivity (Wildman–Crippen MR) is 207 cm³/mol. The van der Waals surface area contributed by atoms with Crippen molar-refractivity contribution in [2.24, 2.45) is 25.9 Å². The number of rotatable bonds is 12. The zero-order chi connectivity index (χ0) is 38.1. The monoisotopic (exact) mass is 775 g/mol. The fraction of sp³-hybridized carbons (Fsp3) is 0.475. The minimum atomic E-state index is -0.671. The molecule has 2 aliphatic heterocycles. The van der Waals surface area contributed by atoms with E-state index < -0.39 is 5.97 Å². The smallest absolute Gasteiger partial charge is 0.306 e. The summed E-state index contributed by atoms with van der Waals surface area (Å²) < 4.78 is 3.74. The number of carboxylic acids is 1. The molecule has 2 aromatic heterocycles. The molecule has 1 fully saturated rings. The van der Waals surface area contributed by atoms with Crippen LogP contribution in [0.1, 0.15) is 81.7 Å². The van der Waals surface area contributed by atoms with Crippen LogP contribution in [-0.2, 0) is 51.2 Å². The first-order valence-corrected chi connectivity index (χ1v) is 19.6. The Morgan fingerprint density at radius 3 is 2.06 bits per heavy atom. The number of hydrogen-bond acceptors (Lipinski definition) is 8. The summed E-state index contributed by atoms with van der Waals surface area (Å²) in [6, 6.07) is 10.9. The van der Waals surface area contributed by atoms with Crippen LogP contribution in [0.2, 0.25) is 10.0 Å². The summed E-state index contributed by atoms with van der Waals surface area (Å²) >= 11 is 13.9. The molecule has 286 valence electrons. The molecule has 14 heteroatoms. The summed E-state index contributed by atoms with van der Waals surface area (Å²) in [5.74, 6) is -0.134.